The second-order valence-corrected chi connectivity index (χ2v) is 2.82. The van der Waals surface area contributed by atoms with Crippen molar-refractivity contribution in [2.24, 2.45) is 5.92 Å². The molecule has 3 heteroatoms. The number of carbonyl (C=O) groups is 1. The van der Waals surface area contributed by atoms with E-state index < -0.39 is 0 Å². The first kappa shape index (κ1) is 7.98. The average molecular weight is 152 g/mol. The number of aldehydes is 1. The lowest BCUT2D eigenvalue weighted by atomic mass is 10.0. The fourth-order valence-corrected chi connectivity index (χ4v) is 1.04. The Morgan fingerprint density at radius 1 is 1.82 bits per heavy atom. The molecule has 1 heterocycles. The van der Waals surface area contributed by atoms with Crippen LogP contribution in [0.3, 0.4) is 0 Å². The molecule has 60 valence electrons. The van der Waals surface area contributed by atoms with Crippen molar-refractivity contribution < 1.29 is 4.79 Å². The summed E-state index contributed by atoms with van der Waals surface area (Å²) in [6.45, 7) is 2.06. The van der Waals surface area contributed by atoms with Crippen LogP contribution in [0.15, 0.2) is 12.4 Å². The molecule has 0 spiro atoms. The molecular weight excluding hydrogens is 140 g/mol. The Morgan fingerprint density at radius 3 is 3.18 bits per heavy atom. The molecule has 1 aromatic heterocycles. The van der Waals surface area contributed by atoms with Gasteiger partial charge in [0.05, 0.1) is 6.20 Å². The van der Waals surface area contributed by atoms with Crippen LogP contribution in [0.2, 0.25) is 0 Å². The lowest BCUT2D eigenvalue weighted by Crippen LogP contribution is -1.98. The van der Waals surface area contributed by atoms with E-state index in [-0.39, 0.29) is 0 Å². The Balaban J connectivity index is 2.37. The molecule has 0 bridgehead atoms. The van der Waals surface area contributed by atoms with Gasteiger partial charge in [-0.2, -0.15) is 5.10 Å². The van der Waals surface area contributed by atoms with Gasteiger partial charge in [-0.1, -0.05) is 6.92 Å². The van der Waals surface area contributed by atoms with Crippen molar-refractivity contribution >= 4 is 6.29 Å². The molecule has 0 aliphatic rings. The standard InChI is InChI=1S/C8H12N2O/c1-7(2-3-11)4-8-5-9-10-6-8/h3,5-7H,2,4H2,1H3,(H,9,10). The molecule has 11 heavy (non-hydrogen) atoms. The first-order valence-electron chi connectivity index (χ1n) is 3.74. The van der Waals surface area contributed by atoms with Gasteiger partial charge in [-0.15, -0.1) is 0 Å². The highest BCUT2D eigenvalue weighted by Gasteiger charge is 2.02. The largest absolute Gasteiger partial charge is 0.303 e. The summed E-state index contributed by atoms with van der Waals surface area (Å²) >= 11 is 0. The van der Waals surface area contributed by atoms with Crippen LogP contribution in [0, 0.1) is 5.92 Å². The van der Waals surface area contributed by atoms with Gasteiger partial charge in [-0.05, 0) is 17.9 Å². The van der Waals surface area contributed by atoms with Crippen LogP contribution in [0.5, 0.6) is 0 Å². The van der Waals surface area contributed by atoms with Crippen LogP contribution in [0.1, 0.15) is 18.9 Å². The van der Waals surface area contributed by atoms with Gasteiger partial charge < -0.3 is 4.79 Å². The highest BCUT2D eigenvalue weighted by atomic mass is 16.1. The molecule has 0 aliphatic heterocycles. The van der Waals surface area contributed by atoms with Gasteiger partial charge in [-0.25, -0.2) is 0 Å². The lowest BCUT2D eigenvalue weighted by molar-refractivity contribution is -0.108. The molecule has 1 rings (SSSR count). The topological polar surface area (TPSA) is 45.8 Å². The number of rotatable bonds is 4. The summed E-state index contributed by atoms with van der Waals surface area (Å²) in [6, 6.07) is 0. The number of hydrogen-bond acceptors (Lipinski definition) is 2. The van der Waals surface area contributed by atoms with E-state index in [2.05, 4.69) is 17.1 Å². The number of aromatic amines is 1. The lowest BCUT2D eigenvalue weighted by Gasteiger charge is -2.03. The number of nitrogens with zero attached hydrogens (tertiary/aromatic N) is 1. The van der Waals surface area contributed by atoms with Gasteiger partial charge in [0.15, 0.2) is 0 Å². The van der Waals surface area contributed by atoms with Crippen LogP contribution in [0.4, 0.5) is 0 Å². The first-order chi connectivity index (χ1) is 5.33. The molecule has 0 amide bonds. The van der Waals surface area contributed by atoms with Gasteiger partial charge >= 0.3 is 0 Å². The van der Waals surface area contributed by atoms with E-state index in [9.17, 15) is 4.79 Å². The highest BCUT2D eigenvalue weighted by molar-refractivity contribution is 5.49. The van der Waals surface area contributed by atoms with E-state index in [1.54, 1.807) is 6.20 Å². The van der Waals surface area contributed by atoms with Crippen molar-refractivity contribution in [2.75, 3.05) is 0 Å². The predicted octanol–water partition coefficient (Wildman–Crippen LogP) is 1.18. The Kier molecular flexibility index (Phi) is 2.83. The number of carbonyl (C=O) groups excluding carboxylic acids is 1. The number of nitrogens with one attached hydrogen (secondary N) is 1. The number of H-pyrrole nitrogens is 1. The van der Waals surface area contributed by atoms with Crippen molar-refractivity contribution in [3.8, 4) is 0 Å². The molecule has 0 saturated carbocycles. The minimum atomic E-state index is 0.421. The normalized spacial score (nSPS) is 12.8. The average Bonchev–Trinajstić information content (AvgIpc) is 2.40. The van der Waals surface area contributed by atoms with Crippen molar-refractivity contribution in [3.63, 3.8) is 0 Å². The van der Waals surface area contributed by atoms with E-state index in [1.165, 1.54) is 5.56 Å². The summed E-state index contributed by atoms with van der Waals surface area (Å²) in [6.07, 6.45) is 6.17. The molecule has 1 unspecified atom stereocenters. The van der Waals surface area contributed by atoms with Gasteiger partial charge in [0.1, 0.15) is 6.29 Å². The van der Waals surface area contributed by atoms with Crippen molar-refractivity contribution in [3.05, 3.63) is 18.0 Å². The third kappa shape index (κ3) is 2.53. The van der Waals surface area contributed by atoms with E-state index in [1.807, 2.05) is 6.20 Å². The van der Waals surface area contributed by atoms with Gasteiger partial charge in [0.2, 0.25) is 0 Å². The predicted molar refractivity (Wildman–Crippen MR) is 42.1 cm³/mol. The Hall–Kier alpha value is -1.12. The second-order valence-electron chi connectivity index (χ2n) is 2.82. The SMILES string of the molecule is CC(CC=O)Cc1cn[nH]c1. The van der Waals surface area contributed by atoms with Crippen LogP contribution in [-0.2, 0) is 11.2 Å². The molecule has 0 saturated heterocycles. The second kappa shape index (κ2) is 3.91. The van der Waals surface area contributed by atoms with Crippen LogP contribution < -0.4 is 0 Å². The molecule has 0 aromatic carbocycles. The van der Waals surface area contributed by atoms with Crippen LogP contribution in [-0.4, -0.2) is 16.5 Å². The molecule has 1 aromatic rings. The van der Waals surface area contributed by atoms with E-state index in [0.717, 1.165) is 12.7 Å². The highest BCUT2D eigenvalue weighted by Crippen LogP contribution is 2.08. The fraction of sp³-hybridized carbons (Fsp3) is 0.500. The smallest absolute Gasteiger partial charge is 0.120 e. The maximum atomic E-state index is 10.1. The van der Waals surface area contributed by atoms with Crippen molar-refractivity contribution in [1.29, 1.82) is 0 Å². The third-order valence-electron chi connectivity index (χ3n) is 1.64. The van der Waals surface area contributed by atoms with E-state index >= 15 is 0 Å². The van der Waals surface area contributed by atoms with Gasteiger partial charge in [0, 0.05) is 12.6 Å². The number of aromatic nitrogens is 2. The summed E-state index contributed by atoms with van der Waals surface area (Å²) in [7, 11) is 0. The maximum Gasteiger partial charge on any atom is 0.120 e. The Labute approximate surface area is 65.8 Å². The Bertz CT molecular complexity index is 206. The van der Waals surface area contributed by atoms with E-state index in [0.29, 0.717) is 12.3 Å². The molecule has 1 atom stereocenters. The third-order valence-corrected chi connectivity index (χ3v) is 1.64. The summed E-state index contributed by atoms with van der Waals surface area (Å²) in [5, 5.41) is 6.56. The minimum Gasteiger partial charge on any atom is -0.303 e. The summed E-state index contributed by atoms with van der Waals surface area (Å²) in [5.74, 6) is 0.421. The fourth-order valence-electron chi connectivity index (χ4n) is 1.04. The molecule has 1 N–H and O–H groups in total. The summed E-state index contributed by atoms with van der Waals surface area (Å²) in [4.78, 5) is 10.1. The van der Waals surface area contributed by atoms with Crippen molar-refractivity contribution in [2.45, 2.75) is 19.8 Å². The first-order valence-corrected chi connectivity index (χ1v) is 3.74. The van der Waals surface area contributed by atoms with Gasteiger partial charge in [-0.3, -0.25) is 5.10 Å². The maximum absolute atomic E-state index is 10.1. The van der Waals surface area contributed by atoms with Gasteiger partial charge in [0.25, 0.3) is 0 Å². The zero-order chi connectivity index (χ0) is 8.10. The van der Waals surface area contributed by atoms with Crippen LogP contribution >= 0.6 is 0 Å². The number of hydrogen-bond donors (Lipinski definition) is 1. The molecular formula is C8H12N2O. The van der Waals surface area contributed by atoms with E-state index in [4.69, 9.17) is 0 Å². The molecule has 0 fully saturated rings. The molecule has 0 aliphatic carbocycles. The minimum absolute atomic E-state index is 0.421. The molecule has 3 nitrogen and oxygen atoms in total. The van der Waals surface area contributed by atoms with Crippen molar-refractivity contribution in [1.82, 2.24) is 10.2 Å². The van der Waals surface area contributed by atoms with Crippen LogP contribution in [0.25, 0.3) is 0 Å². The Morgan fingerprint density at radius 2 is 2.64 bits per heavy atom. The monoisotopic (exact) mass is 152 g/mol. The quantitative estimate of drug-likeness (QED) is 0.658. The zero-order valence-electron chi connectivity index (χ0n) is 6.58. The molecule has 0 radical (unpaired) electrons. The summed E-state index contributed by atoms with van der Waals surface area (Å²) < 4.78 is 0. The zero-order valence-corrected chi connectivity index (χ0v) is 6.58. The summed E-state index contributed by atoms with van der Waals surface area (Å²) in [5.41, 5.74) is 1.17.